The summed E-state index contributed by atoms with van der Waals surface area (Å²) in [5.74, 6) is -0.741. The van der Waals surface area contributed by atoms with Crippen molar-refractivity contribution in [1.82, 2.24) is 39.4 Å². The monoisotopic (exact) mass is 484 g/mol. The first-order valence-corrected chi connectivity index (χ1v) is 11.6. The summed E-state index contributed by atoms with van der Waals surface area (Å²) in [5, 5.41) is 7.62. The van der Waals surface area contributed by atoms with Gasteiger partial charge in [-0.3, -0.25) is 9.59 Å². The summed E-state index contributed by atoms with van der Waals surface area (Å²) in [5.41, 5.74) is 1.26. The number of carbonyl (C=O) groups excluding carboxylic acids is 2. The third-order valence-electron chi connectivity index (χ3n) is 6.57. The maximum absolute atomic E-state index is 14.7. The Morgan fingerprint density at radius 1 is 1.03 bits per heavy atom. The number of aromatic amines is 1. The molecular formula is C25H21FN8O2. The number of rotatable bonds is 5. The Labute approximate surface area is 204 Å². The van der Waals surface area contributed by atoms with Crippen LogP contribution in [0.1, 0.15) is 34.9 Å². The average molecular weight is 484 g/mol. The summed E-state index contributed by atoms with van der Waals surface area (Å²) in [6.07, 6.45) is 10.4. The number of nitrogens with zero attached hydrogens (tertiary/aromatic N) is 7. The van der Waals surface area contributed by atoms with Crippen molar-refractivity contribution in [2.75, 3.05) is 13.1 Å². The highest BCUT2D eigenvalue weighted by Crippen LogP contribution is 2.30. The molecule has 5 heterocycles. The smallest absolute Gasteiger partial charge is 0.295 e. The third kappa shape index (κ3) is 3.65. The number of aromatic nitrogens is 7. The number of likely N-dealkylation sites (tertiary alicyclic amines) is 1. The van der Waals surface area contributed by atoms with Crippen molar-refractivity contribution in [3.63, 3.8) is 0 Å². The minimum absolute atomic E-state index is 0.00799. The Bertz CT molecular complexity index is 1550. The molecule has 1 aliphatic heterocycles. The summed E-state index contributed by atoms with van der Waals surface area (Å²) < 4.78 is 18.2. The van der Waals surface area contributed by atoms with Gasteiger partial charge in [-0.25, -0.2) is 19.0 Å². The van der Waals surface area contributed by atoms with E-state index in [4.69, 9.17) is 0 Å². The highest BCUT2D eigenvalue weighted by atomic mass is 19.1. The number of H-pyrrole nitrogens is 1. The number of pyridine rings is 1. The molecule has 10 nitrogen and oxygen atoms in total. The van der Waals surface area contributed by atoms with Gasteiger partial charge in [-0.05, 0) is 25.0 Å². The molecule has 6 rings (SSSR count). The van der Waals surface area contributed by atoms with Crippen LogP contribution in [0, 0.1) is 5.82 Å². The number of fused-ring (bicyclic) bond motifs is 1. The molecule has 1 amide bonds. The first-order chi connectivity index (χ1) is 17.6. The van der Waals surface area contributed by atoms with Crippen LogP contribution < -0.4 is 0 Å². The Balaban J connectivity index is 1.21. The van der Waals surface area contributed by atoms with Gasteiger partial charge in [0.1, 0.15) is 5.82 Å². The van der Waals surface area contributed by atoms with E-state index in [0.717, 1.165) is 17.7 Å². The van der Waals surface area contributed by atoms with E-state index in [2.05, 4.69) is 29.8 Å². The number of nitrogens with one attached hydrogen (secondary N) is 1. The van der Waals surface area contributed by atoms with Crippen LogP contribution in [0.4, 0.5) is 4.39 Å². The van der Waals surface area contributed by atoms with Gasteiger partial charge in [0.15, 0.2) is 11.6 Å². The molecule has 0 atom stereocenters. The van der Waals surface area contributed by atoms with E-state index >= 15 is 0 Å². The molecule has 1 N–H and O–H groups in total. The zero-order chi connectivity index (χ0) is 24.6. The largest absolute Gasteiger partial charge is 0.357 e. The first-order valence-electron chi connectivity index (χ1n) is 11.6. The molecule has 0 spiro atoms. The summed E-state index contributed by atoms with van der Waals surface area (Å²) in [6.45, 7) is 0.820. The SMILES string of the molecule is O=C(C(=O)N1CCC(c2nccn2-c2ccccc2)CC1)c1c[nH]c2c(-n3ccnn3)ncc(F)c12. The lowest BCUT2D eigenvalue weighted by Gasteiger charge is -2.31. The van der Waals surface area contributed by atoms with Gasteiger partial charge in [0, 0.05) is 43.3 Å². The van der Waals surface area contributed by atoms with E-state index in [1.165, 1.54) is 22.0 Å². The number of ketones is 1. The summed E-state index contributed by atoms with van der Waals surface area (Å²) in [7, 11) is 0. The molecule has 180 valence electrons. The molecule has 36 heavy (non-hydrogen) atoms. The summed E-state index contributed by atoms with van der Waals surface area (Å²) in [4.78, 5) is 39.3. The topological polar surface area (TPSA) is 115 Å². The van der Waals surface area contributed by atoms with Gasteiger partial charge in [0.25, 0.3) is 11.7 Å². The zero-order valence-electron chi connectivity index (χ0n) is 19.1. The van der Waals surface area contributed by atoms with Gasteiger partial charge in [-0.2, -0.15) is 0 Å². The molecule has 1 saturated heterocycles. The fourth-order valence-electron chi connectivity index (χ4n) is 4.79. The molecule has 0 saturated carbocycles. The maximum Gasteiger partial charge on any atom is 0.295 e. The normalized spacial score (nSPS) is 14.4. The fourth-order valence-corrected chi connectivity index (χ4v) is 4.79. The van der Waals surface area contributed by atoms with Crippen molar-refractivity contribution in [2.45, 2.75) is 18.8 Å². The van der Waals surface area contributed by atoms with Crippen LogP contribution in [0.25, 0.3) is 22.4 Å². The lowest BCUT2D eigenvalue weighted by molar-refractivity contribution is -0.127. The second-order valence-electron chi connectivity index (χ2n) is 8.62. The quantitative estimate of drug-likeness (QED) is 0.303. The van der Waals surface area contributed by atoms with Gasteiger partial charge in [-0.15, -0.1) is 5.10 Å². The molecule has 4 aromatic heterocycles. The highest BCUT2D eigenvalue weighted by Gasteiger charge is 2.32. The van der Waals surface area contributed by atoms with Crippen LogP contribution in [0.15, 0.2) is 67.5 Å². The van der Waals surface area contributed by atoms with Crippen molar-refractivity contribution in [3.8, 4) is 11.5 Å². The van der Waals surface area contributed by atoms with Crippen LogP contribution >= 0.6 is 0 Å². The second kappa shape index (κ2) is 8.84. The van der Waals surface area contributed by atoms with Crippen LogP contribution in [-0.2, 0) is 4.79 Å². The Kier molecular flexibility index (Phi) is 5.36. The van der Waals surface area contributed by atoms with E-state index < -0.39 is 17.5 Å². The molecule has 11 heteroatoms. The number of hydrogen-bond acceptors (Lipinski definition) is 6. The molecule has 1 fully saturated rings. The number of imidazole rings is 1. The Morgan fingerprint density at radius 3 is 2.58 bits per heavy atom. The number of hydrogen-bond donors (Lipinski definition) is 1. The number of amides is 1. The molecule has 0 bridgehead atoms. The Morgan fingerprint density at radius 2 is 1.83 bits per heavy atom. The van der Waals surface area contributed by atoms with E-state index in [0.29, 0.717) is 25.9 Å². The minimum Gasteiger partial charge on any atom is -0.357 e. The molecule has 5 aromatic rings. The number of piperidine rings is 1. The van der Waals surface area contributed by atoms with Crippen molar-refractivity contribution >= 4 is 22.6 Å². The van der Waals surface area contributed by atoms with Gasteiger partial charge < -0.3 is 14.5 Å². The van der Waals surface area contributed by atoms with E-state index in [1.807, 2.05) is 36.5 Å². The number of carbonyl (C=O) groups is 2. The first kappa shape index (κ1) is 21.8. The lowest BCUT2D eigenvalue weighted by atomic mass is 9.95. The number of Topliss-reactive ketones (excluding diaryl/α,β-unsaturated/α-hetero) is 1. The Hall–Kier alpha value is -4.67. The fraction of sp³-hybridized carbons (Fsp3) is 0.200. The van der Waals surface area contributed by atoms with Crippen molar-refractivity contribution in [3.05, 3.63) is 84.7 Å². The molecule has 0 unspecified atom stereocenters. The van der Waals surface area contributed by atoms with Gasteiger partial charge in [-0.1, -0.05) is 23.4 Å². The standard InChI is InChI=1S/C25H21FN8O2/c26-19-15-29-24(34-13-9-30-31-34)21-20(19)18(14-28-21)22(35)25(36)32-10-6-16(7-11-32)23-27-8-12-33(23)17-4-2-1-3-5-17/h1-5,8-9,12-16,28H,6-7,10-11H2. The van der Waals surface area contributed by atoms with E-state index in [-0.39, 0.29) is 28.2 Å². The zero-order valence-corrected chi connectivity index (χ0v) is 19.1. The molecular weight excluding hydrogens is 463 g/mol. The van der Waals surface area contributed by atoms with E-state index in [9.17, 15) is 14.0 Å². The van der Waals surface area contributed by atoms with Crippen LogP contribution in [0.5, 0.6) is 0 Å². The maximum atomic E-state index is 14.7. The van der Waals surface area contributed by atoms with Crippen LogP contribution in [-0.4, -0.2) is 64.2 Å². The number of para-hydroxylation sites is 1. The van der Waals surface area contributed by atoms with Crippen molar-refractivity contribution < 1.29 is 14.0 Å². The lowest BCUT2D eigenvalue weighted by Crippen LogP contribution is -2.42. The predicted molar refractivity (Wildman–Crippen MR) is 127 cm³/mol. The molecule has 1 aromatic carbocycles. The molecule has 0 radical (unpaired) electrons. The van der Waals surface area contributed by atoms with Crippen LogP contribution in [0.2, 0.25) is 0 Å². The van der Waals surface area contributed by atoms with E-state index in [1.54, 1.807) is 12.4 Å². The summed E-state index contributed by atoms with van der Waals surface area (Å²) >= 11 is 0. The van der Waals surface area contributed by atoms with Crippen molar-refractivity contribution in [2.24, 2.45) is 0 Å². The number of halogens is 1. The van der Waals surface area contributed by atoms with Crippen LogP contribution in [0.3, 0.4) is 0 Å². The predicted octanol–water partition coefficient (Wildman–Crippen LogP) is 3.06. The van der Waals surface area contributed by atoms with Gasteiger partial charge in [0.2, 0.25) is 0 Å². The second-order valence-corrected chi connectivity index (χ2v) is 8.62. The molecule has 1 aliphatic rings. The molecule has 0 aliphatic carbocycles. The number of benzene rings is 1. The third-order valence-corrected chi connectivity index (χ3v) is 6.57. The minimum atomic E-state index is -0.764. The van der Waals surface area contributed by atoms with Crippen molar-refractivity contribution in [1.29, 1.82) is 0 Å². The van der Waals surface area contributed by atoms with Gasteiger partial charge >= 0.3 is 0 Å². The highest BCUT2D eigenvalue weighted by molar-refractivity contribution is 6.45. The average Bonchev–Trinajstić information content (AvgIpc) is 3.70. The summed E-state index contributed by atoms with van der Waals surface area (Å²) in [6, 6.07) is 9.96. The van der Waals surface area contributed by atoms with Gasteiger partial charge in [0.05, 0.1) is 35.1 Å².